The van der Waals surface area contributed by atoms with Gasteiger partial charge in [-0.3, -0.25) is 14.9 Å². The third kappa shape index (κ3) is 5.08. The van der Waals surface area contributed by atoms with Crippen molar-refractivity contribution in [3.8, 4) is 5.75 Å². The molecular weight excluding hydrogens is 308 g/mol. The van der Waals surface area contributed by atoms with Crippen LogP contribution in [-0.4, -0.2) is 48.3 Å². The lowest BCUT2D eigenvalue weighted by atomic mass is 10.1. The molecule has 0 aliphatic rings. The van der Waals surface area contributed by atoms with Crippen molar-refractivity contribution in [2.45, 2.75) is 6.04 Å². The van der Waals surface area contributed by atoms with Crippen LogP contribution in [0.1, 0.15) is 10.4 Å². The van der Waals surface area contributed by atoms with E-state index in [9.17, 15) is 19.7 Å². The highest BCUT2D eigenvalue weighted by atomic mass is 16.6. The second-order valence-corrected chi connectivity index (χ2v) is 4.33. The standard InChI is InChI=1S/C14H16N2O7/c1-3-6-23-8-11(14(18)19)15-13(17)10-7-9(22-2)4-5-12(10)16(20)21/h3-5,7,11H,1,6,8H2,2H3,(H,15,17)(H,18,19). The summed E-state index contributed by atoms with van der Waals surface area (Å²) >= 11 is 0. The largest absolute Gasteiger partial charge is 0.497 e. The molecule has 0 saturated heterocycles. The second kappa shape index (κ2) is 8.49. The van der Waals surface area contributed by atoms with E-state index < -0.39 is 28.5 Å². The topological polar surface area (TPSA) is 128 Å². The maximum atomic E-state index is 12.2. The number of hydrogen-bond acceptors (Lipinski definition) is 6. The van der Waals surface area contributed by atoms with Gasteiger partial charge in [-0.15, -0.1) is 6.58 Å². The molecule has 2 N–H and O–H groups in total. The predicted octanol–water partition coefficient (Wildman–Crippen LogP) is 0.989. The number of carboxylic acids is 1. The highest BCUT2D eigenvalue weighted by Gasteiger charge is 2.26. The average Bonchev–Trinajstić information content (AvgIpc) is 2.52. The Kier molecular flexibility index (Phi) is 6.68. The van der Waals surface area contributed by atoms with E-state index in [0.29, 0.717) is 0 Å². The summed E-state index contributed by atoms with van der Waals surface area (Å²) in [7, 11) is 1.34. The van der Waals surface area contributed by atoms with Crippen molar-refractivity contribution >= 4 is 17.6 Å². The van der Waals surface area contributed by atoms with Gasteiger partial charge in [0.1, 0.15) is 11.3 Å². The Hall–Kier alpha value is -2.94. The lowest BCUT2D eigenvalue weighted by Gasteiger charge is -2.14. The number of methoxy groups -OCH3 is 1. The first kappa shape index (κ1) is 18.1. The zero-order valence-electron chi connectivity index (χ0n) is 12.4. The van der Waals surface area contributed by atoms with Crippen LogP contribution >= 0.6 is 0 Å². The summed E-state index contributed by atoms with van der Waals surface area (Å²) in [5.41, 5.74) is -0.760. The maximum absolute atomic E-state index is 12.2. The third-order valence-electron chi connectivity index (χ3n) is 2.77. The van der Waals surface area contributed by atoms with Crippen LogP contribution < -0.4 is 10.1 Å². The van der Waals surface area contributed by atoms with Crippen LogP contribution in [0.5, 0.6) is 5.75 Å². The molecule has 0 aliphatic heterocycles. The molecule has 1 aromatic rings. The van der Waals surface area contributed by atoms with E-state index in [0.717, 1.165) is 12.1 Å². The minimum atomic E-state index is -1.35. The Balaban J connectivity index is 2.99. The molecule has 0 fully saturated rings. The van der Waals surface area contributed by atoms with Crippen LogP contribution in [0.25, 0.3) is 0 Å². The number of carbonyl (C=O) groups is 2. The second-order valence-electron chi connectivity index (χ2n) is 4.33. The van der Waals surface area contributed by atoms with Gasteiger partial charge in [0.25, 0.3) is 11.6 Å². The van der Waals surface area contributed by atoms with E-state index in [4.69, 9.17) is 14.6 Å². The molecular formula is C14H16N2O7. The SMILES string of the molecule is C=CCOCC(NC(=O)c1cc(OC)ccc1[N+](=O)[O-])C(=O)O. The molecule has 124 valence electrons. The lowest BCUT2D eigenvalue weighted by molar-refractivity contribution is -0.385. The molecule has 23 heavy (non-hydrogen) atoms. The molecule has 0 saturated carbocycles. The zero-order valence-corrected chi connectivity index (χ0v) is 12.4. The molecule has 9 heteroatoms. The molecule has 1 atom stereocenters. The van der Waals surface area contributed by atoms with Crippen molar-refractivity contribution in [3.05, 3.63) is 46.5 Å². The van der Waals surface area contributed by atoms with Crippen molar-refractivity contribution in [1.82, 2.24) is 5.32 Å². The van der Waals surface area contributed by atoms with Crippen LogP contribution in [0.4, 0.5) is 5.69 Å². The number of benzene rings is 1. The van der Waals surface area contributed by atoms with E-state index in [1.54, 1.807) is 0 Å². The van der Waals surface area contributed by atoms with E-state index in [1.807, 2.05) is 0 Å². The highest BCUT2D eigenvalue weighted by molar-refractivity contribution is 6.00. The first-order valence-corrected chi connectivity index (χ1v) is 6.45. The third-order valence-corrected chi connectivity index (χ3v) is 2.77. The van der Waals surface area contributed by atoms with Gasteiger partial charge >= 0.3 is 5.97 Å². The van der Waals surface area contributed by atoms with Gasteiger partial charge in [0, 0.05) is 6.07 Å². The fourth-order valence-electron chi connectivity index (χ4n) is 1.66. The van der Waals surface area contributed by atoms with E-state index >= 15 is 0 Å². The summed E-state index contributed by atoms with van der Waals surface area (Å²) in [5.74, 6) is -2.01. The Morgan fingerprint density at radius 1 is 1.52 bits per heavy atom. The van der Waals surface area contributed by atoms with Crippen LogP contribution in [0.2, 0.25) is 0 Å². The molecule has 0 heterocycles. The van der Waals surface area contributed by atoms with Gasteiger partial charge in [-0.25, -0.2) is 4.79 Å². The molecule has 1 aromatic carbocycles. The Bertz CT molecular complexity index is 615. The minimum Gasteiger partial charge on any atom is -0.497 e. The Labute approximate surface area is 131 Å². The van der Waals surface area contributed by atoms with E-state index in [2.05, 4.69) is 11.9 Å². The predicted molar refractivity (Wildman–Crippen MR) is 79.6 cm³/mol. The van der Waals surface area contributed by atoms with Crippen molar-refractivity contribution in [3.63, 3.8) is 0 Å². The van der Waals surface area contributed by atoms with Gasteiger partial charge < -0.3 is 19.9 Å². The lowest BCUT2D eigenvalue weighted by Crippen LogP contribution is -2.44. The smallest absolute Gasteiger partial charge is 0.328 e. The number of carboxylic acid groups (broad SMARTS) is 1. The molecule has 9 nitrogen and oxygen atoms in total. The molecule has 0 aliphatic carbocycles. The van der Waals surface area contributed by atoms with Crippen LogP contribution in [0.3, 0.4) is 0 Å². The number of nitro groups is 1. The number of amides is 1. The van der Waals surface area contributed by atoms with Gasteiger partial charge in [-0.05, 0) is 12.1 Å². The summed E-state index contributed by atoms with van der Waals surface area (Å²) in [4.78, 5) is 33.6. The van der Waals surface area contributed by atoms with Crippen LogP contribution in [0.15, 0.2) is 30.9 Å². The number of nitrogens with zero attached hydrogens (tertiary/aromatic N) is 1. The monoisotopic (exact) mass is 324 g/mol. The number of carbonyl (C=O) groups excluding carboxylic acids is 1. The van der Waals surface area contributed by atoms with Gasteiger partial charge in [0.05, 0.1) is 25.2 Å². The molecule has 0 bridgehead atoms. The van der Waals surface area contributed by atoms with Crippen molar-refractivity contribution < 1.29 is 29.1 Å². The molecule has 0 spiro atoms. The van der Waals surface area contributed by atoms with Crippen molar-refractivity contribution in [1.29, 1.82) is 0 Å². The first-order chi connectivity index (χ1) is 10.9. The highest BCUT2D eigenvalue weighted by Crippen LogP contribution is 2.24. The van der Waals surface area contributed by atoms with Gasteiger partial charge in [-0.2, -0.15) is 0 Å². The maximum Gasteiger partial charge on any atom is 0.328 e. The Morgan fingerprint density at radius 2 is 2.22 bits per heavy atom. The number of ether oxygens (including phenoxy) is 2. The van der Waals surface area contributed by atoms with Crippen LogP contribution in [0, 0.1) is 10.1 Å². The molecule has 1 amide bonds. The Morgan fingerprint density at radius 3 is 2.74 bits per heavy atom. The van der Waals surface area contributed by atoms with Crippen molar-refractivity contribution in [2.24, 2.45) is 0 Å². The molecule has 1 unspecified atom stereocenters. The first-order valence-electron chi connectivity index (χ1n) is 6.45. The molecule has 0 radical (unpaired) electrons. The summed E-state index contributed by atoms with van der Waals surface area (Å²) in [6.45, 7) is 3.22. The zero-order chi connectivity index (χ0) is 17.4. The van der Waals surface area contributed by atoms with Crippen molar-refractivity contribution in [2.75, 3.05) is 20.3 Å². The molecule has 0 aromatic heterocycles. The average molecular weight is 324 g/mol. The van der Waals surface area contributed by atoms with Gasteiger partial charge in [-0.1, -0.05) is 6.08 Å². The summed E-state index contributed by atoms with van der Waals surface area (Å²) in [6, 6.07) is 2.25. The minimum absolute atomic E-state index is 0.110. The number of rotatable bonds is 9. The molecule has 1 rings (SSSR count). The van der Waals surface area contributed by atoms with Gasteiger partial charge in [0.15, 0.2) is 6.04 Å². The van der Waals surface area contributed by atoms with E-state index in [1.165, 1.54) is 19.3 Å². The fourth-order valence-corrected chi connectivity index (χ4v) is 1.66. The summed E-state index contributed by atoms with van der Waals surface area (Å²) in [6.07, 6.45) is 1.42. The number of nitrogens with one attached hydrogen (secondary N) is 1. The fraction of sp³-hybridized carbons (Fsp3) is 0.286. The summed E-state index contributed by atoms with van der Waals surface area (Å²) in [5, 5.41) is 22.2. The van der Waals surface area contributed by atoms with Crippen LogP contribution in [-0.2, 0) is 9.53 Å². The van der Waals surface area contributed by atoms with Gasteiger partial charge in [0.2, 0.25) is 0 Å². The van der Waals surface area contributed by atoms with E-state index in [-0.39, 0.29) is 24.5 Å². The summed E-state index contributed by atoms with van der Waals surface area (Å²) < 4.78 is 9.91. The number of hydrogen-bond donors (Lipinski definition) is 2. The number of nitro benzene ring substituents is 1. The normalized spacial score (nSPS) is 11.3. The quantitative estimate of drug-likeness (QED) is 0.300. The number of aliphatic carboxylic acids is 1.